The van der Waals surface area contributed by atoms with E-state index in [2.05, 4.69) is 9.80 Å². The van der Waals surface area contributed by atoms with Crippen molar-refractivity contribution in [3.05, 3.63) is 29.8 Å². The lowest BCUT2D eigenvalue weighted by molar-refractivity contribution is 0.0697. The molecule has 1 saturated heterocycles. The van der Waals surface area contributed by atoms with Gasteiger partial charge >= 0.3 is 5.97 Å². The molecule has 0 bridgehead atoms. The Balaban J connectivity index is 1.60. The van der Waals surface area contributed by atoms with Gasteiger partial charge in [0.1, 0.15) is 0 Å². The minimum atomic E-state index is -0.849. The third kappa shape index (κ3) is 3.38. The smallest absolute Gasteiger partial charge is 0.335 e. The third-order valence-corrected chi connectivity index (χ3v) is 4.86. The fourth-order valence-electron chi connectivity index (χ4n) is 3.63. The Morgan fingerprint density at radius 1 is 1.05 bits per heavy atom. The van der Waals surface area contributed by atoms with Crippen molar-refractivity contribution < 1.29 is 9.90 Å². The van der Waals surface area contributed by atoms with Gasteiger partial charge in [0.15, 0.2) is 0 Å². The third-order valence-electron chi connectivity index (χ3n) is 4.86. The second-order valence-electron chi connectivity index (χ2n) is 6.17. The average molecular weight is 288 g/mol. The van der Waals surface area contributed by atoms with Crippen molar-refractivity contribution in [1.82, 2.24) is 4.90 Å². The summed E-state index contributed by atoms with van der Waals surface area (Å²) in [5, 5.41) is 9.09. The summed E-state index contributed by atoms with van der Waals surface area (Å²) < 4.78 is 0. The summed E-state index contributed by atoms with van der Waals surface area (Å²) in [5.74, 6) is -0.849. The summed E-state index contributed by atoms with van der Waals surface area (Å²) >= 11 is 0. The van der Waals surface area contributed by atoms with Gasteiger partial charge in [-0.3, -0.25) is 4.90 Å². The van der Waals surface area contributed by atoms with Crippen LogP contribution in [0.1, 0.15) is 42.5 Å². The number of rotatable bonds is 3. The minimum absolute atomic E-state index is 0.377. The molecule has 0 spiro atoms. The second kappa shape index (κ2) is 6.48. The van der Waals surface area contributed by atoms with E-state index in [0.717, 1.165) is 37.9 Å². The van der Waals surface area contributed by atoms with E-state index in [1.807, 2.05) is 12.1 Å². The lowest BCUT2D eigenvalue weighted by atomic mass is 9.94. The molecule has 0 atom stereocenters. The maximum absolute atomic E-state index is 11.1. The molecule has 0 amide bonds. The van der Waals surface area contributed by atoms with E-state index in [-0.39, 0.29) is 0 Å². The number of hydrogen-bond acceptors (Lipinski definition) is 3. The molecule has 4 nitrogen and oxygen atoms in total. The molecule has 2 aliphatic rings. The van der Waals surface area contributed by atoms with Crippen molar-refractivity contribution >= 4 is 11.7 Å². The van der Waals surface area contributed by atoms with Gasteiger partial charge in [0.2, 0.25) is 0 Å². The van der Waals surface area contributed by atoms with Gasteiger partial charge in [-0.2, -0.15) is 0 Å². The molecule has 0 unspecified atom stereocenters. The van der Waals surface area contributed by atoms with E-state index < -0.39 is 5.97 Å². The number of nitrogens with zero attached hydrogens (tertiary/aromatic N) is 2. The van der Waals surface area contributed by atoms with Crippen molar-refractivity contribution in [2.45, 2.75) is 38.1 Å². The van der Waals surface area contributed by atoms with Crippen LogP contribution in [0.4, 0.5) is 5.69 Å². The van der Waals surface area contributed by atoms with Crippen molar-refractivity contribution in [1.29, 1.82) is 0 Å². The first kappa shape index (κ1) is 14.4. The summed E-state index contributed by atoms with van der Waals surface area (Å²) in [6.07, 6.45) is 6.87. The zero-order valence-electron chi connectivity index (χ0n) is 12.5. The predicted octanol–water partition coefficient (Wildman–Crippen LogP) is 2.84. The number of benzene rings is 1. The standard InChI is InChI=1S/C17H24N2O2/c20-17(21)14-5-4-8-16(13-14)19-11-9-18(10-12-19)15-6-2-1-3-7-15/h4-5,8,13,15H,1-3,6-7,9-12H2,(H,20,21). The quantitative estimate of drug-likeness (QED) is 0.929. The summed E-state index contributed by atoms with van der Waals surface area (Å²) in [7, 11) is 0. The van der Waals surface area contributed by atoms with E-state index in [1.54, 1.807) is 12.1 Å². The highest BCUT2D eigenvalue weighted by molar-refractivity contribution is 5.88. The number of carboxylic acids is 1. The first-order valence-corrected chi connectivity index (χ1v) is 8.06. The highest BCUT2D eigenvalue weighted by atomic mass is 16.4. The van der Waals surface area contributed by atoms with Crippen LogP contribution in [0.5, 0.6) is 0 Å². The van der Waals surface area contributed by atoms with Gasteiger partial charge < -0.3 is 10.0 Å². The Bertz CT molecular complexity index is 489. The average Bonchev–Trinajstić information content (AvgIpc) is 2.56. The fraction of sp³-hybridized carbons (Fsp3) is 0.588. The maximum atomic E-state index is 11.1. The van der Waals surface area contributed by atoms with Crippen LogP contribution >= 0.6 is 0 Å². The Kier molecular flexibility index (Phi) is 4.44. The zero-order valence-corrected chi connectivity index (χ0v) is 12.5. The monoisotopic (exact) mass is 288 g/mol. The normalized spacial score (nSPS) is 21.4. The summed E-state index contributed by atoms with van der Waals surface area (Å²) in [6, 6.07) is 8.09. The van der Waals surface area contributed by atoms with E-state index >= 15 is 0 Å². The van der Waals surface area contributed by atoms with E-state index in [0.29, 0.717) is 5.56 Å². The van der Waals surface area contributed by atoms with Crippen molar-refractivity contribution in [2.75, 3.05) is 31.1 Å². The Morgan fingerprint density at radius 2 is 1.76 bits per heavy atom. The molecule has 1 heterocycles. The second-order valence-corrected chi connectivity index (χ2v) is 6.17. The topological polar surface area (TPSA) is 43.8 Å². The molecule has 1 aromatic carbocycles. The number of carbonyl (C=O) groups is 1. The Hall–Kier alpha value is -1.55. The summed E-state index contributed by atoms with van der Waals surface area (Å²) in [4.78, 5) is 16.0. The molecule has 3 rings (SSSR count). The Labute approximate surface area is 126 Å². The van der Waals surface area contributed by atoms with E-state index in [9.17, 15) is 4.79 Å². The van der Waals surface area contributed by atoms with Crippen molar-refractivity contribution in [3.63, 3.8) is 0 Å². The van der Waals surface area contributed by atoms with Crippen LogP contribution in [0, 0.1) is 0 Å². The van der Waals surface area contributed by atoms with Crippen LogP contribution in [0.3, 0.4) is 0 Å². The van der Waals surface area contributed by atoms with Gasteiger partial charge in [0, 0.05) is 37.9 Å². The molecule has 2 fully saturated rings. The lowest BCUT2D eigenvalue weighted by Crippen LogP contribution is -2.50. The molecule has 0 radical (unpaired) electrons. The van der Waals surface area contributed by atoms with Gasteiger partial charge in [-0.1, -0.05) is 25.3 Å². The number of aromatic carboxylic acids is 1. The first-order chi connectivity index (χ1) is 10.2. The van der Waals surface area contributed by atoms with Crippen LogP contribution in [-0.4, -0.2) is 48.2 Å². The van der Waals surface area contributed by atoms with Crippen molar-refractivity contribution in [3.8, 4) is 0 Å². The molecule has 4 heteroatoms. The summed E-state index contributed by atoms with van der Waals surface area (Å²) in [6.45, 7) is 4.20. The fourth-order valence-corrected chi connectivity index (χ4v) is 3.63. The van der Waals surface area contributed by atoms with Gasteiger partial charge in [-0.15, -0.1) is 0 Å². The SMILES string of the molecule is O=C(O)c1cccc(N2CCN(C3CCCCC3)CC2)c1. The minimum Gasteiger partial charge on any atom is -0.478 e. The Morgan fingerprint density at radius 3 is 2.43 bits per heavy atom. The van der Waals surface area contributed by atoms with Crippen LogP contribution in [0.25, 0.3) is 0 Å². The largest absolute Gasteiger partial charge is 0.478 e. The van der Waals surface area contributed by atoms with Gasteiger partial charge in [0.25, 0.3) is 0 Å². The molecular weight excluding hydrogens is 264 g/mol. The molecule has 1 saturated carbocycles. The molecule has 1 N–H and O–H groups in total. The van der Waals surface area contributed by atoms with Crippen molar-refractivity contribution in [2.24, 2.45) is 0 Å². The van der Waals surface area contributed by atoms with Gasteiger partial charge in [-0.05, 0) is 31.0 Å². The first-order valence-electron chi connectivity index (χ1n) is 8.06. The van der Waals surface area contributed by atoms with Gasteiger partial charge in [0.05, 0.1) is 5.56 Å². The molecule has 21 heavy (non-hydrogen) atoms. The van der Waals surface area contributed by atoms with Crippen LogP contribution in [0.15, 0.2) is 24.3 Å². The highest BCUT2D eigenvalue weighted by Crippen LogP contribution is 2.25. The van der Waals surface area contributed by atoms with Gasteiger partial charge in [-0.25, -0.2) is 4.79 Å². The number of carboxylic acid groups (broad SMARTS) is 1. The van der Waals surface area contributed by atoms with E-state index in [4.69, 9.17) is 5.11 Å². The van der Waals surface area contributed by atoms with Crippen LogP contribution < -0.4 is 4.90 Å². The molecule has 1 aliphatic carbocycles. The molecule has 0 aromatic heterocycles. The van der Waals surface area contributed by atoms with E-state index in [1.165, 1.54) is 32.1 Å². The predicted molar refractivity (Wildman–Crippen MR) is 84.1 cm³/mol. The zero-order chi connectivity index (χ0) is 14.7. The number of anilines is 1. The summed E-state index contributed by atoms with van der Waals surface area (Å²) in [5.41, 5.74) is 1.42. The number of hydrogen-bond donors (Lipinski definition) is 1. The number of piperazine rings is 1. The molecule has 114 valence electrons. The molecule has 1 aliphatic heterocycles. The molecule has 1 aromatic rings. The maximum Gasteiger partial charge on any atom is 0.335 e. The van der Waals surface area contributed by atoms with Crippen LogP contribution in [0.2, 0.25) is 0 Å². The molecular formula is C17H24N2O2. The highest BCUT2D eigenvalue weighted by Gasteiger charge is 2.25. The lowest BCUT2D eigenvalue weighted by Gasteiger charge is -2.41. The van der Waals surface area contributed by atoms with Crippen LogP contribution in [-0.2, 0) is 0 Å².